The zero-order valence-electron chi connectivity index (χ0n) is 18.0. The smallest absolute Gasteiger partial charge is 0.267 e. The van der Waals surface area contributed by atoms with Crippen LogP contribution in [0.25, 0.3) is 5.57 Å². The number of carbonyl (C=O) groups excluding carboxylic acids is 1. The SMILES string of the molecule is O=C(c1ccccc1)N1C=C(c2ccccc2)[C@@H](c2cccc(Cl)c2)N1Cc1ccccc1. The molecule has 0 unspecified atom stereocenters. The average Bonchev–Trinajstić information content (AvgIpc) is 3.24. The molecule has 3 nitrogen and oxygen atoms in total. The summed E-state index contributed by atoms with van der Waals surface area (Å²) in [6, 6.07) is 37.6. The van der Waals surface area contributed by atoms with Crippen molar-refractivity contribution < 1.29 is 4.79 Å². The normalized spacial score (nSPS) is 16.0. The first kappa shape index (κ1) is 21.2. The molecule has 0 saturated carbocycles. The van der Waals surface area contributed by atoms with Crippen molar-refractivity contribution in [3.05, 3.63) is 149 Å². The Morgan fingerprint density at radius 2 is 1.39 bits per heavy atom. The number of hydrogen-bond acceptors (Lipinski definition) is 2. The van der Waals surface area contributed by atoms with Gasteiger partial charge in [-0.15, -0.1) is 0 Å². The van der Waals surface area contributed by atoms with Gasteiger partial charge in [0.05, 0.1) is 6.04 Å². The van der Waals surface area contributed by atoms with E-state index >= 15 is 0 Å². The Bertz CT molecular complexity index is 1270. The first-order valence-corrected chi connectivity index (χ1v) is 11.3. The lowest BCUT2D eigenvalue weighted by molar-refractivity contribution is 0.0104. The molecule has 4 heteroatoms. The second kappa shape index (κ2) is 9.45. The molecule has 0 bridgehead atoms. The van der Waals surface area contributed by atoms with E-state index in [-0.39, 0.29) is 11.9 Å². The van der Waals surface area contributed by atoms with Gasteiger partial charge in [-0.05, 0) is 41.0 Å². The summed E-state index contributed by atoms with van der Waals surface area (Å²) in [6.45, 7) is 0.573. The Labute approximate surface area is 199 Å². The summed E-state index contributed by atoms with van der Waals surface area (Å²) >= 11 is 6.40. The summed E-state index contributed by atoms with van der Waals surface area (Å²) in [5.74, 6) is -0.0653. The minimum Gasteiger partial charge on any atom is -0.267 e. The predicted octanol–water partition coefficient (Wildman–Crippen LogP) is 7.00. The maximum absolute atomic E-state index is 13.7. The van der Waals surface area contributed by atoms with Crippen molar-refractivity contribution in [1.29, 1.82) is 0 Å². The predicted molar refractivity (Wildman–Crippen MR) is 133 cm³/mol. The van der Waals surface area contributed by atoms with E-state index in [4.69, 9.17) is 11.6 Å². The molecule has 1 atom stereocenters. The summed E-state index contributed by atoms with van der Waals surface area (Å²) in [5, 5.41) is 4.56. The third-order valence-electron chi connectivity index (χ3n) is 5.82. The number of halogens is 1. The summed E-state index contributed by atoms with van der Waals surface area (Å²) in [7, 11) is 0. The molecule has 0 radical (unpaired) electrons. The van der Waals surface area contributed by atoms with E-state index in [2.05, 4.69) is 35.3 Å². The number of hydrogen-bond donors (Lipinski definition) is 0. The standard InChI is InChI=1S/C29H23ClN2O/c30-26-18-10-17-25(19-26)28-27(23-13-6-2-7-14-23)21-32(29(33)24-15-8-3-9-16-24)31(28)20-22-11-4-1-5-12-22/h1-19,21,28H,20H2/t28-/m1/s1. The maximum atomic E-state index is 13.7. The molecule has 162 valence electrons. The van der Waals surface area contributed by atoms with Gasteiger partial charge in [0.25, 0.3) is 5.91 Å². The van der Waals surface area contributed by atoms with E-state index in [0.717, 1.165) is 22.3 Å². The van der Waals surface area contributed by atoms with E-state index in [1.54, 1.807) is 5.01 Å². The van der Waals surface area contributed by atoms with Crippen molar-refractivity contribution in [3.63, 3.8) is 0 Å². The lowest BCUT2D eigenvalue weighted by Gasteiger charge is -2.33. The molecule has 33 heavy (non-hydrogen) atoms. The highest BCUT2D eigenvalue weighted by Gasteiger charge is 2.38. The Morgan fingerprint density at radius 3 is 2.06 bits per heavy atom. The molecule has 1 aliphatic heterocycles. The highest BCUT2D eigenvalue weighted by atomic mass is 35.5. The topological polar surface area (TPSA) is 23.6 Å². The van der Waals surface area contributed by atoms with E-state index in [1.165, 1.54) is 0 Å². The summed E-state index contributed by atoms with van der Waals surface area (Å²) in [4.78, 5) is 13.7. The molecule has 0 fully saturated rings. The van der Waals surface area contributed by atoms with Crippen LogP contribution in [-0.4, -0.2) is 15.9 Å². The second-order valence-corrected chi connectivity index (χ2v) is 8.44. The van der Waals surface area contributed by atoms with Crippen molar-refractivity contribution >= 4 is 23.1 Å². The van der Waals surface area contributed by atoms with Crippen LogP contribution in [0.15, 0.2) is 121 Å². The monoisotopic (exact) mass is 450 g/mol. The molecule has 0 spiro atoms. The fraction of sp³-hybridized carbons (Fsp3) is 0.0690. The van der Waals surface area contributed by atoms with Crippen molar-refractivity contribution in [3.8, 4) is 0 Å². The van der Waals surface area contributed by atoms with Gasteiger partial charge < -0.3 is 0 Å². The molecule has 5 rings (SSSR count). The fourth-order valence-corrected chi connectivity index (χ4v) is 4.48. The molecule has 1 amide bonds. The van der Waals surface area contributed by atoms with Crippen LogP contribution in [0.4, 0.5) is 0 Å². The first-order valence-electron chi connectivity index (χ1n) is 10.9. The largest absolute Gasteiger partial charge is 0.272 e. The second-order valence-electron chi connectivity index (χ2n) is 8.01. The number of amides is 1. The Hall–Kier alpha value is -3.66. The lowest BCUT2D eigenvalue weighted by atomic mass is 9.94. The van der Waals surface area contributed by atoms with Crippen LogP contribution in [0.1, 0.15) is 33.1 Å². The van der Waals surface area contributed by atoms with E-state index in [1.807, 2.05) is 91.1 Å². The van der Waals surface area contributed by atoms with Gasteiger partial charge in [0.15, 0.2) is 0 Å². The van der Waals surface area contributed by atoms with E-state index in [0.29, 0.717) is 17.1 Å². The van der Waals surface area contributed by atoms with E-state index < -0.39 is 0 Å². The molecular weight excluding hydrogens is 428 g/mol. The number of hydrazine groups is 1. The minimum absolute atomic E-state index is 0.0653. The van der Waals surface area contributed by atoms with Crippen LogP contribution in [0.5, 0.6) is 0 Å². The van der Waals surface area contributed by atoms with Crippen LogP contribution in [0.3, 0.4) is 0 Å². The highest BCUT2D eigenvalue weighted by Crippen LogP contribution is 2.43. The lowest BCUT2D eigenvalue weighted by Crippen LogP contribution is -2.40. The molecule has 0 saturated heterocycles. The molecule has 1 heterocycles. The number of rotatable bonds is 5. The Morgan fingerprint density at radius 1 is 0.758 bits per heavy atom. The number of benzene rings is 4. The van der Waals surface area contributed by atoms with Crippen LogP contribution in [-0.2, 0) is 6.54 Å². The van der Waals surface area contributed by atoms with Gasteiger partial charge >= 0.3 is 0 Å². The van der Waals surface area contributed by atoms with Crippen LogP contribution in [0.2, 0.25) is 5.02 Å². The molecule has 0 aromatic heterocycles. The number of carbonyl (C=O) groups is 1. The molecule has 4 aromatic carbocycles. The van der Waals surface area contributed by atoms with Gasteiger partial charge in [0.2, 0.25) is 0 Å². The number of nitrogens with zero attached hydrogens (tertiary/aromatic N) is 2. The Balaban J connectivity index is 1.65. The van der Waals surface area contributed by atoms with Gasteiger partial charge in [0.1, 0.15) is 0 Å². The van der Waals surface area contributed by atoms with Crippen molar-refractivity contribution in [2.24, 2.45) is 0 Å². The molecular formula is C29H23ClN2O. The highest BCUT2D eigenvalue weighted by molar-refractivity contribution is 6.30. The van der Waals surface area contributed by atoms with Gasteiger partial charge in [-0.3, -0.25) is 4.79 Å². The summed E-state index contributed by atoms with van der Waals surface area (Å²) in [6.07, 6.45) is 1.97. The Kier molecular flexibility index (Phi) is 6.07. The maximum Gasteiger partial charge on any atom is 0.272 e. The fourth-order valence-electron chi connectivity index (χ4n) is 4.28. The zero-order chi connectivity index (χ0) is 22.6. The van der Waals surface area contributed by atoms with Crippen molar-refractivity contribution in [1.82, 2.24) is 10.0 Å². The average molecular weight is 451 g/mol. The first-order chi connectivity index (χ1) is 16.2. The van der Waals surface area contributed by atoms with Gasteiger partial charge in [-0.25, -0.2) is 5.01 Å². The minimum atomic E-state index is -0.168. The third-order valence-corrected chi connectivity index (χ3v) is 6.05. The quantitative estimate of drug-likeness (QED) is 0.327. The third kappa shape index (κ3) is 4.47. The molecule has 0 N–H and O–H groups in total. The van der Waals surface area contributed by atoms with Gasteiger partial charge in [-0.2, -0.15) is 5.01 Å². The van der Waals surface area contributed by atoms with Gasteiger partial charge in [0, 0.05) is 28.9 Å². The van der Waals surface area contributed by atoms with Crippen LogP contribution >= 0.6 is 11.6 Å². The van der Waals surface area contributed by atoms with E-state index in [9.17, 15) is 4.79 Å². The summed E-state index contributed by atoms with van der Waals surface area (Å²) in [5.41, 5.74) is 4.93. The zero-order valence-corrected chi connectivity index (χ0v) is 18.8. The van der Waals surface area contributed by atoms with Crippen LogP contribution in [0, 0.1) is 0 Å². The van der Waals surface area contributed by atoms with Crippen molar-refractivity contribution in [2.75, 3.05) is 0 Å². The molecule has 1 aliphatic rings. The van der Waals surface area contributed by atoms with Crippen LogP contribution < -0.4 is 0 Å². The summed E-state index contributed by atoms with van der Waals surface area (Å²) < 4.78 is 0. The molecule has 4 aromatic rings. The molecule has 0 aliphatic carbocycles. The van der Waals surface area contributed by atoms with Gasteiger partial charge in [-0.1, -0.05) is 103 Å². The van der Waals surface area contributed by atoms with Crippen molar-refractivity contribution in [2.45, 2.75) is 12.6 Å².